The molecule has 1 saturated heterocycles. The summed E-state index contributed by atoms with van der Waals surface area (Å²) < 4.78 is 32.4. The number of halogens is 1. The monoisotopic (exact) mass is 527 g/mol. The van der Waals surface area contributed by atoms with Crippen LogP contribution in [0.2, 0.25) is 5.02 Å². The number of sulfone groups is 1. The summed E-state index contributed by atoms with van der Waals surface area (Å²) in [5.41, 5.74) is -0.989. The summed E-state index contributed by atoms with van der Waals surface area (Å²) in [6, 6.07) is 14.5. The standard InChI is InChI=1S/C26H26ClN3O5S/c1-35-18-6-4-5-17(13-18)26(11-12-26)24(32)30-15-19(36(33,34)22-8-3-2-7-20(22)27)14-21(30)23(31)29-25(16-28)9-10-25/h2-8,13,19,21H,9-12,14-15H2,1H3,(H,29,31)/t19-,21+/m1/s1. The normalized spacial score (nSPS) is 23.4. The van der Waals surface area contributed by atoms with E-state index in [9.17, 15) is 23.3 Å². The lowest BCUT2D eigenvalue weighted by Crippen LogP contribution is -2.51. The molecule has 2 aromatic rings. The van der Waals surface area contributed by atoms with Crippen LogP contribution in [0.15, 0.2) is 53.4 Å². The summed E-state index contributed by atoms with van der Waals surface area (Å²) >= 11 is 6.20. The zero-order valence-electron chi connectivity index (χ0n) is 19.7. The molecule has 8 nitrogen and oxygen atoms in total. The van der Waals surface area contributed by atoms with Crippen molar-refractivity contribution in [3.63, 3.8) is 0 Å². The highest BCUT2D eigenvalue weighted by Gasteiger charge is 2.58. The molecule has 3 aliphatic rings. The first-order chi connectivity index (χ1) is 17.2. The molecule has 1 heterocycles. The van der Waals surface area contributed by atoms with Crippen molar-refractivity contribution in [3.8, 4) is 11.8 Å². The van der Waals surface area contributed by atoms with Gasteiger partial charge in [-0.05, 0) is 61.9 Å². The number of ether oxygens (including phenoxy) is 1. The van der Waals surface area contributed by atoms with Crippen molar-refractivity contribution in [3.05, 3.63) is 59.1 Å². The minimum atomic E-state index is -3.93. The first-order valence-electron chi connectivity index (χ1n) is 11.8. The van der Waals surface area contributed by atoms with Crippen LogP contribution in [0.4, 0.5) is 0 Å². The minimum Gasteiger partial charge on any atom is -0.497 e. The molecule has 0 aromatic heterocycles. The number of hydrogen-bond acceptors (Lipinski definition) is 6. The number of nitriles is 1. The maximum atomic E-state index is 14.0. The van der Waals surface area contributed by atoms with E-state index in [-0.39, 0.29) is 28.8 Å². The maximum absolute atomic E-state index is 14.0. The molecule has 0 unspecified atom stereocenters. The van der Waals surface area contributed by atoms with E-state index < -0.39 is 38.0 Å². The molecule has 0 spiro atoms. The van der Waals surface area contributed by atoms with E-state index in [1.807, 2.05) is 18.2 Å². The molecule has 1 N–H and O–H groups in total. The Morgan fingerprint density at radius 3 is 2.47 bits per heavy atom. The first-order valence-corrected chi connectivity index (χ1v) is 13.8. The molecule has 10 heteroatoms. The predicted octanol–water partition coefficient (Wildman–Crippen LogP) is 3.00. The number of likely N-dealkylation sites (tertiary alicyclic amines) is 1. The van der Waals surface area contributed by atoms with Gasteiger partial charge in [0.1, 0.15) is 17.3 Å². The van der Waals surface area contributed by atoms with Crippen LogP contribution in [0.25, 0.3) is 0 Å². The van der Waals surface area contributed by atoms with E-state index in [1.165, 1.54) is 17.0 Å². The van der Waals surface area contributed by atoms with Crippen molar-refractivity contribution >= 4 is 33.3 Å². The molecule has 2 aromatic carbocycles. The van der Waals surface area contributed by atoms with Gasteiger partial charge in [0.25, 0.3) is 0 Å². The molecular weight excluding hydrogens is 502 g/mol. The van der Waals surface area contributed by atoms with Gasteiger partial charge in [-0.3, -0.25) is 9.59 Å². The van der Waals surface area contributed by atoms with Crippen molar-refractivity contribution in [1.29, 1.82) is 5.26 Å². The Morgan fingerprint density at radius 1 is 1.14 bits per heavy atom. The summed E-state index contributed by atoms with van der Waals surface area (Å²) in [6.07, 6.45) is 2.18. The van der Waals surface area contributed by atoms with Crippen molar-refractivity contribution in [2.24, 2.45) is 0 Å². The Morgan fingerprint density at radius 2 is 1.86 bits per heavy atom. The highest BCUT2D eigenvalue weighted by molar-refractivity contribution is 7.92. The number of amides is 2. The van der Waals surface area contributed by atoms with Gasteiger partial charge in [-0.1, -0.05) is 35.9 Å². The Bertz CT molecular complexity index is 1380. The summed E-state index contributed by atoms with van der Waals surface area (Å²) in [5, 5.41) is 11.3. The average Bonchev–Trinajstić information content (AvgIpc) is 3.80. The van der Waals surface area contributed by atoms with E-state index >= 15 is 0 Å². The van der Waals surface area contributed by atoms with Gasteiger partial charge in [-0.25, -0.2) is 8.42 Å². The highest BCUT2D eigenvalue weighted by Crippen LogP contribution is 2.51. The number of carbonyl (C=O) groups is 2. The molecule has 2 atom stereocenters. The average molecular weight is 528 g/mol. The van der Waals surface area contributed by atoms with Gasteiger partial charge in [-0.2, -0.15) is 5.26 Å². The summed E-state index contributed by atoms with van der Waals surface area (Å²) in [7, 11) is -2.38. The number of nitrogens with one attached hydrogen (secondary N) is 1. The van der Waals surface area contributed by atoms with Crippen LogP contribution in [-0.4, -0.2) is 55.6 Å². The molecule has 188 valence electrons. The fourth-order valence-electron chi connectivity index (χ4n) is 5.01. The molecule has 0 bridgehead atoms. The Kier molecular flexibility index (Phi) is 6.00. The number of methoxy groups -OCH3 is 1. The Labute approximate surface area is 215 Å². The topological polar surface area (TPSA) is 117 Å². The van der Waals surface area contributed by atoms with Gasteiger partial charge in [0.2, 0.25) is 11.8 Å². The van der Waals surface area contributed by atoms with Crippen molar-refractivity contribution in [2.75, 3.05) is 13.7 Å². The molecule has 5 rings (SSSR count). The molecule has 2 saturated carbocycles. The van der Waals surface area contributed by atoms with E-state index in [1.54, 1.807) is 25.3 Å². The highest BCUT2D eigenvalue weighted by atomic mass is 35.5. The lowest BCUT2D eigenvalue weighted by atomic mass is 9.93. The SMILES string of the molecule is COc1cccc(C2(C(=O)N3C[C@H](S(=O)(=O)c4ccccc4Cl)C[C@H]3C(=O)NC3(C#N)CC3)CC2)c1. The van der Waals surface area contributed by atoms with Gasteiger partial charge >= 0.3 is 0 Å². The van der Waals surface area contributed by atoms with Crippen LogP contribution in [0.3, 0.4) is 0 Å². The summed E-state index contributed by atoms with van der Waals surface area (Å²) in [6.45, 7) is -0.129. The second-order valence-electron chi connectivity index (χ2n) is 9.80. The van der Waals surface area contributed by atoms with Gasteiger partial charge in [0.05, 0.1) is 33.8 Å². The Balaban J connectivity index is 1.48. The van der Waals surface area contributed by atoms with Crippen LogP contribution < -0.4 is 10.1 Å². The number of carbonyl (C=O) groups excluding carboxylic acids is 2. The van der Waals surface area contributed by atoms with Crippen LogP contribution in [0.5, 0.6) is 5.75 Å². The second-order valence-corrected chi connectivity index (χ2v) is 12.4. The van der Waals surface area contributed by atoms with Gasteiger partial charge in [0, 0.05) is 6.54 Å². The largest absolute Gasteiger partial charge is 0.497 e. The molecule has 1 aliphatic heterocycles. The quantitative estimate of drug-likeness (QED) is 0.591. The van der Waals surface area contributed by atoms with E-state index in [0.717, 1.165) is 5.56 Å². The van der Waals surface area contributed by atoms with Crippen LogP contribution in [0.1, 0.15) is 37.7 Å². The molecule has 2 amide bonds. The Hall–Kier alpha value is -3.09. The van der Waals surface area contributed by atoms with Crippen molar-refractivity contribution < 1.29 is 22.7 Å². The van der Waals surface area contributed by atoms with Gasteiger partial charge < -0.3 is 15.0 Å². The molecule has 36 heavy (non-hydrogen) atoms. The van der Waals surface area contributed by atoms with Gasteiger partial charge in [-0.15, -0.1) is 0 Å². The third-order valence-electron chi connectivity index (χ3n) is 7.52. The van der Waals surface area contributed by atoms with Gasteiger partial charge in [0.15, 0.2) is 9.84 Å². The second kappa shape index (κ2) is 8.79. The molecular formula is C26H26ClN3O5S. The lowest BCUT2D eigenvalue weighted by Gasteiger charge is -2.29. The third kappa shape index (κ3) is 4.12. The zero-order valence-corrected chi connectivity index (χ0v) is 21.3. The van der Waals surface area contributed by atoms with E-state index in [4.69, 9.17) is 16.3 Å². The molecule has 2 aliphatic carbocycles. The van der Waals surface area contributed by atoms with Crippen LogP contribution >= 0.6 is 11.6 Å². The number of nitrogens with zero attached hydrogens (tertiary/aromatic N) is 2. The summed E-state index contributed by atoms with van der Waals surface area (Å²) in [5.74, 6) is -0.165. The minimum absolute atomic E-state index is 0.0188. The fourth-order valence-corrected chi connectivity index (χ4v) is 7.22. The van der Waals surface area contributed by atoms with Crippen LogP contribution in [0, 0.1) is 11.3 Å². The number of hydrogen-bond donors (Lipinski definition) is 1. The fraction of sp³-hybridized carbons (Fsp3) is 0.423. The predicted molar refractivity (Wildman–Crippen MR) is 132 cm³/mol. The maximum Gasteiger partial charge on any atom is 0.244 e. The zero-order chi connectivity index (χ0) is 25.7. The van der Waals surface area contributed by atoms with E-state index in [2.05, 4.69) is 11.4 Å². The molecule has 0 radical (unpaired) electrons. The van der Waals surface area contributed by atoms with Crippen LogP contribution in [-0.2, 0) is 24.8 Å². The lowest BCUT2D eigenvalue weighted by molar-refractivity contribution is -0.140. The van der Waals surface area contributed by atoms with Crippen molar-refractivity contribution in [1.82, 2.24) is 10.2 Å². The molecule has 3 fully saturated rings. The first kappa shape index (κ1) is 24.6. The number of rotatable bonds is 7. The third-order valence-corrected chi connectivity index (χ3v) is 10.1. The van der Waals surface area contributed by atoms with E-state index in [0.29, 0.717) is 31.4 Å². The smallest absolute Gasteiger partial charge is 0.244 e. The summed E-state index contributed by atoms with van der Waals surface area (Å²) in [4.78, 5) is 28.7. The number of benzene rings is 2. The van der Waals surface area contributed by atoms with Crippen molar-refractivity contribution in [2.45, 2.75) is 59.2 Å².